The fourth-order valence-corrected chi connectivity index (χ4v) is 4.30. The van der Waals surface area contributed by atoms with Crippen LogP contribution in [0.15, 0.2) is 64.2 Å². The van der Waals surface area contributed by atoms with E-state index in [4.69, 9.17) is 5.73 Å². The number of aromatic nitrogens is 2. The summed E-state index contributed by atoms with van der Waals surface area (Å²) in [6.07, 6.45) is 1.71. The van der Waals surface area contributed by atoms with Gasteiger partial charge in [0, 0.05) is 25.2 Å². The van der Waals surface area contributed by atoms with Gasteiger partial charge in [0.15, 0.2) is 0 Å². The Kier molecular flexibility index (Phi) is 6.61. The Morgan fingerprint density at radius 2 is 1.88 bits per heavy atom. The van der Waals surface area contributed by atoms with Crippen LogP contribution in [-0.2, 0) is 13.1 Å². The quantitative estimate of drug-likeness (QED) is 0.572. The highest BCUT2D eigenvalue weighted by atomic mass is 16.4. The molecule has 0 spiro atoms. The molecule has 1 saturated heterocycles. The van der Waals surface area contributed by atoms with E-state index in [1.165, 1.54) is 22.8 Å². The van der Waals surface area contributed by atoms with Crippen molar-refractivity contribution in [1.82, 2.24) is 9.13 Å². The Bertz CT molecular complexity index is 1390. The van der Waals surface area contributed by atoms with E-state index in [2.05, 4.69) is 6.07 Å². The fraction of sp³-hybridized carbons (Fsp3) is 0.280. The number of hydrogen-bond acceptors (Lipinski definition) is 6. The van der Waals surface area contributed by atoms with E-state index < -0.39 is 17.2 Å². The summed E-state index contributed by atoms with van der Waals surface area (Å²) in [7, 11) is 0. The number of carbonyl (C=O) groups is 1. The van der Waals surface area contributed by atoms with Crippen molar-refractivity contribution in [2.45, 2.75) is 32.0 Å². The molecule has 0 aliphatic carbocycles. The lowest BCUT2D eigenvalue weighted by Gasteiger charge is -2.34. The molecule has 3 N–H and O–H groups in total. The van der Waals surface area contributed by atoms with Gasteiger partial charge >= 0.3 is 11.7 Å². The molecular weight excluding hydrogens is 434 g/mol. The van der Waals surface area contributed by atoms with Gasteiger partial charge in [0.25, 0.3) is 5.56 Å². The van der Waals surface area contributed by atoms with Gasteiger partial charge in [0.05, 0.1) is 30.3 Å². The molecule has 3 aromatic rings. The Morgan fingerprint density at radius 3 is 2.62 bits per heavy atom. The van der Waals surface area contributed by atoms with Crippen LogP contribution in [0.2, 0.25) is 0 Å². The van der Waals surface area contributed by atoms with Gasteiger partial charge in [-0.05, 0) is 42.2 Å². The molecule has 0 amide bonds. The topological polar surface area (TPSA) is 134 Å². The number of nitriles is 1. The first-order valence-corrected chi connectivity index (χ1v) is 11.0. The van der Waals surface area contributed by atoms with Gasteiger partial charge in [-0.2, -0.15) is 5.26 Å². The molecule has 1 aliphatic heterocycles. The van der Waals surface area contributed by atoms with E-state index >= 15 is 0 Å². The van der Waals surface area contributed by atoms with Crippen LogP contribution < -0.4 is 21.9 Å². The van der Waals surface area contributed by atoms with E-state index in [9.17, 15) is 24.8 Å². The van der Waals surface area contributed by atoms with Crippen LogP contribution >= 0.6 is 0 Å². The minimum Gasteiger partial charge on any atom is -0.478 e. The smallest absolute Gasteiger partial charge is 0.335 e. The molecule has 2 aromatic carbocycles. The standard InChI is InChI=1S/C25H25N5O4/c26-13-19-6-1-2-7-20(19)15-29-22(28-10-4-9-21(27)16-28)12-23(31)30(25(29)34)14-17-5-3-8-18(11-17)24(32)33/h1-3,5-8,11-12,21H,4,9-10,14-16,27H2,(H,32,33). The van der Waals surface area contributed by atoms with Crippen LogP contribution in [0.25, 0.3) is 0 Å². The van der Waals surface area contributed by atoms with Crippen molar-refractivity contribution >= 4 is 11.8 Å². The molecule has 0 saturated carbocycles. The maximum atomic E-state index is 13.6. The lowest BCUT2D eigenvalue weighted by molar-refractivity contribution is 0.0696. The summed E-state index contributed by atoms with van der Waals surface area (Å²) in [6, 6.07) is 16.7. The molecule has 34 heavy (non-hydrogen) atoms. The van der Waals surface area contributed by atoms with Gasteiger partial charge in [0.2, 0.25) is 0 Å². The number of carboxylic acids is 1. The van der Waals surface area contributed by atoms with Crippen LogP contribution in [0.3, 0.4) is 0 Å². The fourth-order valence-electron chi connectivity index (χ4n) is 4.30. The molecule has 2 heterocycles. The lowest BCUT2D eigenvalue weighted by Crippen LogP contribution is -2.48. The molecule has 4 rings (SSSR count). The number of aromatic carboxylic acids is 1. The molecule has 1 aliphatic rings. The number of nitrogens with two attached hydrogens (primary N) is 1. The molecule has 0 bridgehead atoms. The maximum absolute atomic E-state index is 13.6. The molecule has 174 valence electrons. The van der Waals surface area contributed by atoms with Crippen molar-refractivity contribution in [3.05, 3.63) is 97.7 Å². The van der Waals surface area contributed by atoms with Crippen LogP contribution in [0.5, 0.6) is 0 Å². The Hall–Kier alpha value is -4.16. The van der Waals surface area contributed by atoms with E-state index in [0.717, 1.165) is 17.4 Å². The third-order valence-electron chi connectivity index (χ3n) is 6.02. The van der Waals surface area contributed by atoms with Gasteiger partial charge in [-0.15, -0.1) is 0 Å². The third kappa shape index (κ3) is 4.77. The highest BCUT2D eigenvalue weighted by Crippen LogP contribution is 2.19. The van der Waals surface area contributed by atoms with Crippen molar-refractivity contribution in [3.63, 3.8) is 0 Å². The molecule has 1 aromatic heterocycles. The van der Waals surface area contributed by atoms with Crippen molar-refractivity contribution in [3.8, 4) is 6.07 Å². The Labute approximate surface area is 195 Å². The highest BCUT2D eigenvalue weighted by Gasteiger charge is 2.23. The zero-order chi connectivity index (χ0) is 24.2. The van der Waals surface area contributed by atoms with Crippen molar-refractivity contribution in [1.29, 1.82) is 5.26 Å². The summed E-state index contributed by atoms with van der Waals surface area (Å²) in [5.74, 6) is -0.620. The first-order chi connectivity index (χ1) is 16.4. The molecule has 0 radical (unpaired) electrons. The summed E-state index contributed by atoms with van der Waals surface area (Å²) < 4.78 is 2.58. The average Bonchev–Trinajstić information content (AvgIpc) is 2.83. The maximum Gasteiger partial charge on any atom is 0.335 e. The SMILES string of the molecule is N#Cc1ccccc1Cn1c(N2CCCC(N)C2)cc(=O)n(Cc2cccc(C(=O)O)c2)c1=O. The Balaban J connectivity index is 1.83. The molecule has 9 nitrogen and oxygen atoms in total. The summed E-state index contributed by atoms with van der Waals surface area (Å²) in [5, 5.41) is 18.8. The Morgan fingerprint density at radius 1 is 1.09 bits per heavy atom. The molecule has 1 unspecified atom stereocenters. The summed E-state index contributed by atoms with van der Waals surface area (Å²) in [6.45, 7) is 1.22. The number of nitrogens with zero attached hydrogens (tertiary/aromatic N) is 4. The van der Waals surface area contributed by atoms with E-state index in [1.54, 1.807) is 36.4 Å². The van der Waals surface area contributed by atoms with E-state index in [-0.39, 0.29) is 24.7 Å². The van der Waals surface area contributed by atoms with Gasteiger partial charge < -0.3 is 15.7 Å². The number of piperidine rings is 1. The van der Waals surface area contributed by atoms with Crippen LogP contribution in [-0.4, -0.2) is 39.3 Å². The summed E-state index contributed by atoms with van der Waals surface area (Å²) >= 11 is 0. The number of benzene rings is 2. The minimum atomic E-state index is -1.09. The monoisotopic (exact) mass is 459 g/mol. The predicted molar refractivity (Wildman–Crippen MR) is 127 cm³/mol. The average molecular weight is 460 g/mol. The van der Waals surface area contributed by atoms with E-state index in [1.807, 2.05) is 4.90 Å². The molecule has 1 fully saturated rings. The first kappa shape index (κ1) is 23.0. The number of carboxylic acid groups (broad SMARTS) is 1. The van der Waals surface area contributed by atoms with Crippen LogP contribution in [0.4, 0.5) is 5.82 Å². The van der Waals surface area contributed by atoms with Crippen molar-refractivity contribution in [2.75, 3.05) is 18.0 Å². The van der Waals surface area contributed by atoms with Crippen molar-refractivity contribution < 1.29 is 9.90 Å². The van der Waals surface area contributed by atoms with Gasteiger partial charge in [-0.1, -0.05) is 30.3 Å². The van der Waals surface area contributed by atoms with Gasteiger partial charge in [-0.25, -0.2) is 9.59 Å². The first-order valence-electron chi connectivity index (χ1n) is 11.0. The highest BCUT2D eigenvalue weighted by molar-refractivity contribution is 5.87. The van der Waals surface area contributed by atoms with Gasteiger partial charge in [-0.3, -0.25) is 13.9 Å². The van der Waals surface area contributed by atoms with Crippen molar-refractivity contribution in [2.24, 2.45) is 5.73 Å². The number of anilines is 1. The second-order valence-electron chi connectivity index (χ2n) is 8.42. The minimum absolute atomic E-state index is 0.0649. The molecule has 1 atom stereocenters. The zero-order valence-electron chi connectivity index (χ0n) is 18.6. The summed E-state index contributed by atoms with van der Waals surface area (Å²) in [4.78, 5) is 40.0. The normalized spacial score (nSPS) is 15.6. The molecule has 9 heteroatoms. The summed E-state index contributed by atoms with van der Waals surface area (Å²) in [5.41, 5.74) is 6.85. The zero-order valence-corrected chi connectivity index (χ0v) is 18.6. The van der Waals surface area contributed by atoms with Crippen LogP contribution in [0, 0.1) is 11.3 Å². The van der Waals surface area contributed by atoms with E-state index in [0.29, 0.717) is 35.6 Å². The molecular formula is C25H25N5O4. The third-order valence-corrected chi connectivity index (χ3v) is 6.02. The predicted octanol–water partition coefficient (Wildman–Crippen LogP) is 1.60. The second-order valence-corrected chi connectivity index (χ2v) is 8.42. The van der Waals surface area contributed by atoms with Crippen LogP contribution in [0.1, 0.15) is 39.9 Å². The largest absolute Gasteiger partial charge is 0.478 e. The number of rotatable bonds is 6. The second kappa shape index (κ2) is 9.77. The van der Waals surface area contributed by atoms with Gasteiger partial charge in [0.1, 0.15) is 5.82 Å². The number of hydrogen-bond donors (Lipinski definition) is 2. The lowest BCUT2D eigenvalue weighted by atomic mass is 10.1.